The van der Waals surface area contributed by atoms with Gasteiger partial charge in [0.15, 0.2) is 0 Å². The molecule has 0 spiro atoms. The molecular weight excluding hydrogens is 402 g/mol. The molecule has 5 heteroatoms. The third kappa shape index (κ3) is 4.07. The van der Waals surface area contributed by atoms with Gasteiger partial charge < -0.3 is 10.1 Å². The van der Waals surface area contributed by atoms with Gasteiger partial charge in [-0.3, -0.25) is 0 Å². The van der Waals surface area contributed by atoms with E-state index in [9.17, 15) is 0 Å². The lowest BCUT2D eigenvalue weighted by atomic mass is 10.2. The van der Waals surface area contributed by atoms with Crippen molar-refractivity contribution in [2.24, 2.45) is 0 Å². The molecule has 0 radical (unpaired) electrons. The molecule has 0 saturated heterocycles. The Balaban J connectivity index is 2.03. The van der Waals surface area contributed by atoms with E-state index in [1.54, 1.807) is 11.3 Å². The van der Waals surface area contributed by atoms with E-state index in [-0.39, 0.29) is 0 Å². The fourth-order valence-corrected chi connectivity index (χ4v) is 4.17. The van der Waals surface area contributed by atoms with Gasteiger partial charge in [-0.25, -0.2) is 0 Å². The molecule has 2 aromatic rings. The van der Waals surface area contributed by atoms with Crippen molar-refractivity contribution >= 4 is 43.2 Å². The first kappa shape index (κ1) is 16.0. The van der Waals surface area contributed by atoms with Crippen molar-refractivity contribution in [3.8, 4) is 5.75 Å². The second-order valence-corrected chi connectivity index (χ2v) is 7.13. The highest BCUT2D eigenvalue weighted by molar-refractivity contribution is 9.11. The van der Waals surface area contributed by atoms with Crippen LogP contribution in [-0.2, 0) is 6.54 Å². The average molecular weight is 419 g/mol. The van der Waals surface area contributed by atoms with Gasteiger partial charge in [0, 0.05) is 17.5 Å². The Labute approximate surface area is 140 Å². The number of benzene rings is 1. The Morgan fingerprint density at radius 1 is 1.30 bits per heavy atom. The van der Waals surface area contributed by atoms with Gasteiger partial charge in [0.1, 0.15) is 5.75 Å². The molecule has 0 unspecified atom stereocenters. The summed E-state index contributed by atoms with van der Waals surface area (Å²) in [6.07, 6.45) is 0. The summed E-state index contributed by atoms with van der Waals surface area (Å²) >= 11 is 8.91. The van der Waals surface area contributed by atoms with E-state index in [0.29, 0.717) is 12.6 Å². The first-order chi connectivity index (χ1) is 9.61. The predicted octanol–water partition coefficient (Wildman–Crippen LogP) is 5.52. The summed E-state index contributed by atoms with van der Waals surface area (Å²) in [4.78, 5) is 1.36. The first-order valence-electron chi connectivity index (χ1n) is 6.49. The second-order valence-electron chi connectivity index (χ2n) is 4.44. The maximum absolute atomic E-state index is 5.59. The molecule has 1 N–H and O–H groups in total. The zero-order chi connectivity index (χ0) is 14.5. The summed E-state index contributed by atoms with van der Waals surface area (Å²) < 4.78 is 7.56. The number of hydrogen-bond acceptors (Lipinski definition) is 3. The van der Waals surface area contributed by atoms with E-state index in [4.69, 9.17) is 4.74 Å². The van der Waals surface area contributed by atoms with Crippen LogP contribution in [0.1, 0.15) is 30.3 Å². The van der Waals surface area contributed by atoms with Gasteiger partial charge in [-0.05, 0) is 74.8 Å². The summed E-state index contributed by atoms with van der Waals surface area (Å²) in [6, 6.07) is 8.81. The predicted molar refractivity (Wildman–Crippen MR) is 92.6 cm³/mol. The molecule has 2 rings (SSSR count). The van der Waals surface area contributed by atoms with Gasteiger partial charge in [-0.2, -0.15) is 0 Å². The summed E-state index contributed by atoms with van der Waals surface area (Å²) in [7, 11) is 0. The highest BCUT2D eigenvalue weighted by Gasteiger charge is 2.10. The standard InChI is InChI=1S/C15H17Br2NOS/c1-3-19-15-12(16)7-11(8-13(15)17)9-18-10(2)14-5-4-6-20-14/h4-8,10,18H,3,9H2,1-2H3/t10-/m0/s1. The van der Waals surface area contributed by atoms with Crippen LogP contribution in [0.4, 0.5) is 0 Å². The van der Waals surface area contributed by atoms with Crippen molar-refractivity contribution in [3.63, 3.8) is 0 Å². The van der Waals surface area contributed by atoms with E-state index in [1.165, 1.54) is 10.4 Å². The number of halogens is 2. The minimum atomic E-state index is 0.360. The van der Waals surface area contributed by atoms with Gasteiger partial charge in [-0.1, -0.05) is 6.07 Å². The molecule has 0 aliphatic rings. The quantitative estimate of drug-likeness (QED) is 0.666. The van der Waals surface area contributed by atoms with Crippen LogP contribution in [0.25, 0.3) is 0 Å². The van der Waals surface area contributed by atoms with Crippen LogP contribution >= 0.6 is 43.2 Å². The first-order valence-corrected chi connectivity index (χ1v) is 8.96. The summed E-state index contributed by atoms with van der Waals surface area (Å²) in [5.74, 6) is 0.863. The van der Waals surface area contributed by atoms with Crippen LogP contribution in [0.5, 0.6) is 5.75 Å². The summed E-state index contributed by atoms with van der Waals surface area (Å²) in [5.41, 5.74) is 1.22. The highest BCUT2D eigenvalue weighted by Crippen LogP contribution is 2.35. The van der Waals surface area contributed by atoms with Crippen molar-refractivity contribution in [2.45, 2.75) is 26.4 Å². The summed E-state index contributed by atoms with van der Waals surface area (Å²) in [6.45, 7) is 5.65. The van der Waals surface area contributed by atoms with E-state index in [1.807, 2.05) is 6.92 Å². The van der Waals surface area contributed by atoms with Gasteiger partial charge in [0.25, 0.3) is 0 Å². The van der Waals surface area contributed by atoms with Crippen LogP contribution in [0, 0.1) is 0 Å². The molecule has 0 saturated carbocycles. The topological polar surface area (TPSA) is 21.3 Å². The smallest absolute Gasteiger partial charge is 0.147 e. The Morgan fingerprint density at radius 2 is 2.00 bits per heavy atom. The number of thiophene rings is 1. The van der Waals surface area contributed by atoms with Gasteiger partial charge in [-0.15, -0.1) is 11.3 Å². The van der Waals surface area contributed by atoms with Crippen molar-refractivity contribution < 1.29 is 4.74 Å². The van der Waals surface area contributed by atoms with Crippen molar-refractivity contribution in [2.75, 3.05) is 6.61 Å². The average Bonchev–Trinajstić information content (AvgIpc) is 2.94. The molecule has 1 aromatic carbocycles. The Kier molecular flexibility index (Phi) is 6.08. The Morgan fingerprint density at radius 3 is 2.55 bits per heavy atom. The minimum Gasteiger partial charge on any atom is -0.492 e. The number of ether oxygens (including phenoxy) is 1. The van der Waals surface area contributed by atoms with Crippen LogP contribution in [0.2, 0.25) is 0 Å². The zero-order valence-electron chi connectivity index (χ0n) is 11.5. The molecular formula is C15H17Br2NOS. The van der Waals surface area contributed by atoms with Crippen molar-refractivity contribution in [1.29, 1.82) is 0 Å². The fraction of sp³-hybridized carbons (Fsp3) is 0.333. The van der Waals surface area contributed by atoms with E-state index in [0.717, 1.165) is 21.2 Å². The van der Waals surface area contributed by atoms with Crippen LogP contribution in [0.3, 0.4) is 0 Å². The lowest BCUT2D eigenvalue weighted by Gasteiger charge is -2.14. The monoisotopic (exact) mass is 417 g/mol. The Hall–Kier alpha value is -0.360. The Bertz CT molecular complexity index is 534. The molecule has 20 heavy (non-hydrogen) atoms. The van der Waals surface area contributed by atoms with E-state index >= 15 is 0 Å². The van der Waals surface area contributed by atoms with Gasteiger partial charge in [0.2, 0.25) is 0 Å². The van der Waals surface area contributed by atoms with Gasteiger partial charge in [0.05, 0.1) is 15.6 Å². The second kappa shape index (κ2) is 7.59. The molecule has 2 nitrogen and oxygen atoms in total. The van der Waals surface area contributed by atoms with Crippen LogP contribution < -0.4 is 10.1 Å². The summed E-state index contributed by atoms with van der Waals surface area (Å²) in [5, 5.41) is 5.64. The third-order valence-corrected chi connectivity index (χ3v) is 5.16. The number of rotatable bonds is 6. The molecule has 1 heterocycles. The fourth-order valence-electron chi connectivity index (χ4n) is 1.91. The molecule has 108 valence electrons. The largest absolute Gasteiger partial charge is 0.492 e. The zero-order valence-corrected chi connectivity index (χ0v) is 15.4. The van der Waals surface area contributed by atoms with Crippen molar-refractivity contribution in [1.82, 2.24) is 5.32 Å². The van der Waals surface area contributed by atoms with Crippen LogP contribution in [0.15, 0.2) is 38.6 Å². The van der Waals surface area contributed by atoms with Crippen LogP contribution in [-0.4, -0.2) is 6.61 Å². The molecule has 0 fully saturated rings. The minimum absolute atomic E-state index is 0.360. The number of hydrogen-bond donors (Lipinski definition) is 1. The maximum Gasteiger partial charge on any atom is 0.147 e. The highest BCUT2D eigenvalue weighted by atomic mass is 79.9. The number of nitrogens with one attached hydrogen (secondary N) is 1. The van der Waals surface area contributed by atoms with Gasteiger partial charge >= 0.3 is 0 Å². The normalized spacial score (nSPS) is 12.4. The lowest BCUT2D eigenvalue weighted by molar-refractivity contribution is 0.336. The van der Waals surface area contributed by atoms with Crippen molar-refractivity contribution in [3.05, 3.63) is 49.0 Å². The van der Waals surface area contributed by atoms with E-state index in [2.05, 4.69) is 73.7 Å². The van der Waals surface area contributed by atoms with E-state index < -0.39 is 0 Å². The molecule has 0 aliphatic carbocycles. The molecule has 1 atom stereocenters. The molecule has 0 amide bonds. The molecule has 0 bridgehead atoms. The SMILES string of the molecule is CCOc1c(Br)cc(CN[C@@H](C)c2cccs2)cc1Br. The third-order valence-electron chi connectivity index (χ3n) is 2.93. The lowest BCUT2D eigenvalue weighted by Crippen LogP contribution is -2.17. The maximum atomic E-state index is 5.59. The molecule has 1 aromatic heterocycles. The molecule has 0 aliphatic heterocycles.